The fourth-order valence-electron chi connectivity index (χ4n) is 3.47. The molecule has 2 aliphatic heterocycles. The third kappa shape index (κ3) is 3.14. The van der Waals surface area contributed by atoms with E-state index < -0.39 is 0 Å². The zero-order valence-electron chi connectivity index (χ0n) is 14.6. The minimum Gasteiger partial charge on any atom is -0.436 e. The lowest BCUT2D eigenvalue weighted by Crippen LogP contribution is -2.43. The number of hydrogen-bond donors (Lipinski definition) is 0. The van der Waals surface area contributed by atoms with Gasteiger partial charge in [-0.2, -0.15) is 0 Å². The molecule has 3 heterocycles. The second kappa shape index (κ2) is 7.15. The van der Waals surface area contributed by atoms with Gasteiger partial charge in [0.25, 0.3) is 5.91 Å². The van der Waals surface area contributed by atoms with Crippen molar-refractivity contribution in [1.82, 2.24) is 9.88 Å². The number of para-hydroxylation sites is 2. The molecule has 0 saturated carbocycles. The molecular formula is C20H21N3O3. The van der Waals surface area contributed by atoms with Crippen LogP contribution in [0, 0.1) is 0 Å². The molecule has 2 aromatic rings. The van der Waals surface area contributed by atoms with Gasteiger partial charge in [-0.1, -0.05) is 25.0 Å². The largest absolute Gasteiger partial charge is 0.436 e. The molecule has 1 aromatic heterocycles. The molecule has 134 valence electrons. The summed E-state index contributed by atoms with van der Waals surface area (Å²) in [7, 11) is 0. The highest BCUT2D eigenvalue weighted by Crippen LogP contribution is 2.37. The van der Waals surface area contributed by atoms with Crippen LogP contribution < -0.4 is 9.64 Å². The number of aromatic nitrogens is 1. The predicted molar refractivity (Wildman–Crippen MR) is 97.5 cm³/mol. The summed E-state index contributed by atoms with van der Waals surface area (Å²) in [6.45, 7) is 1.53. The molecule has 0 spiro atoms. The van der Waals surface area contributed by atoms with Crippen LogP contribution in [0.25, 0.3) is 0 Å². The third-order valence-corrected chi connectivity index (χ3v) is 4.86. The first-order valence-corrected chi connectivity index (χ1v) is 9.05. The summed E-state index contributed by atoms with van der Waals surface area (Å²) in [6, 6.07) is 10.6. The maximum Gasteiger partial charge on any atom is 0.264 e. The minimum atomic E-state index is -0.263. The molecule has 1 aromatic carbocycles. The molecule has 0 unspecified atom stereocenters. The van der Waals surface area contributed by atoms with Crippen LogP contribution in [0.4, 0.5) is 5.69 Å². The summed E-state index contributed by atoms with van der Waals surface area (Å²) in [5, 5.41) is 0. The quantitative estimate of drug-likeness (QED) is 0.833. The summed E-state index contributed by atoms with van der Waals surface area (Å²) in [6.07, 6.45) is 5.94. The number of carbonyl (C=O) groups is 2. The van der Waals surface area contributed by atoms with Gasteiger partial charge in [0.1, 0.15) is 12.1 Å². The number of ether oxygens (including phenoxy) is 1. The Balaban J connectivity index is 1.67. The van der Waals surface area contributed by atoms with Crippen LogP contribution in [0.2, 0.25) is 0 Å². The molecule has 0 bridgehead atoms. The molecule has 4 rings (SSSR count). The topological polar surface area (TPSA) is 62.7 Å². The Hall–Kier alpha value is -2.89. The van der Waals surface area contributed by atoms with Crippen molar-refractivity contribution in [1.29, 1.82) is 0 Å². The number of amides is 2. The van der Waals surface area contributed by atoms with Gasteiger partial charge in [0.15, 0.2) is 5.75 Å². The van der Waals surface area contributed by atoms with Gasteiger partial charge < -0.3 is 9.64 Å². The highest BCUT2D eigenvalue weighted by atomic mass is 16.5. The zero-order valence-corrected chi connectivity index (χ0v) is 14.6. The lowest BCUT2D eigenvalue weighted by molar-refractivity contribution is -0.129. The van der Waals surface area contributed by atoms with Crippen LogP contribution in [-0.4, -0.2) is 41.3 Å². The maximum atomic E-state index is 13.1. The van der Waals surface area contributed by atoms with E-state index >= 15 is 0 Å². The fourth-order valence-corrected chi connectivity index (χ4v) is 3.47. The number of nitrogens with zero attached hydrogens (tertiary/aromatic N) is 3. The molecule has 0 radical (unpaired) electrons. The van der Waals surface area contributed by atoms with Crippen molar-refractivity contribution in [2.75, 3.05) is 24.5 Å². The average molecular weight is 351 g/mol. The standard InChI is InChI=1S/C20H21N3O3/c24-18(22-12-5-1-2-6-13-22)14-23-16-9-3-4-10-17(16)26-19-15(20(23)25)8-7-11-21-19/h3-4,7-11H,1-2,5-6,12-14H2. The van der Waals surface area contributed by atoms with Crippen molar-refractivity contribution in [3.63, 3.8) is 0 Å². The van der Waals surface area contributed by atoms with E-state index in [2.05, 4.69) is 4.98 Å². The van der Waals surface area contributed by atoms with Crippen molar-refractivity contribution in [3.05, 3.63) is 48.2 Å². The second-order valence-corrected chi connectivity index (χ2v) is 6.61. The number of hydrogen-bond acceptors (Lipinski definition) is 4. The van der Waals surface area contributed by atoms with E-state index in [1.165, 1.54) is 4.90 Å². The van der Waals surface area contributed by atoms with Gasteiger partial charge in [0.2, 0.25) is 11.8 Å². The Morgan fingerprint density at radius 1 is 1.04 bits per heavy atom. The Morgan fingerprint density at radius 2 is 1.81 bits per heavy atom. The fraction of sp³-hybridized carbons (Fsp3) is 0.350. The van der Waals surface area contributed by atoms with Gasteiger partial charge in [-0.15, -0.1) is 0 Å². The van der Waals surface area contributed by atoms with Gasteiger partial charge in [0, 0.05) is 19.3 Å². The average Bonchev–Trinajstić information content (AvgIpc) is 3.01. The SMILES string of the molecule is O=C(CN1C(=O)c2cccnc2Oc2ccccc21)N1CCCCCC1. The Morgan fingerprint density at radius 3 is 2.62 bits per heavy atom. The van der Waals surface area contributed by atoms with E-state index in [-0.39, 0.29) is 24.2 Å². The third-order valence-electron chi connectivity index (χ3n) is 4.86. The van der Waals surface area contributed by atoms with E-state index in [1.807, 2.05) is 17.0 Å². The van der Waals surface area contributed by atoms with Crippen LogP contribution in [0.1, 0.15) is 36.0 Å². The Bertz CT molecular complexity index is 829. The molecular weight excluding hydrogens is 330 g/mol. The van der Waals surface area contributed by atoms with Crippen LogP contribution in [0.3, 0.4) is 0 Å². The second-order valence-electron chi connectivity index (χ2n) is 6.61. The molecule has 6 heteroatoms. The van der Waals surface area contributed by atoms with Gasteiger partial charge in [-0.3, -0.25) is 14.5 Å². The molecule has 6 nitrogen and oxygen atoms in total. The van der Waals surface area contributed by atoms with Crippen molar-refractivity contribution >= 4 is 17.5 Å². The van der Waals surface area contributed by atoms with Crippen LogP contribution >= 0.6 is 0 Å². The number of carbonyl (C=O) groups excluding carboxylic acids is 2. The molecule has 0 aliphatic carbocycles. The van der Waals surface area contributed by atoms with Gasteiger partial charge in [-0.25, -0.2) is 4.98 Å². The first-order valence-electron chi connectivity index (χ1n) is 9.05. The van der Waals surface area contributed by atoms with Gasteiger partial charge in [0.05, 0.1) is 5.69 Å². The van der Waals surface area contributed by atoms with Crippen LogP contribution in [0.5, 0.6) is 11.6 Å². The van der Waals surface area contributed by atoms with E-state index in [4.69, 9.17) is 4.74 Å². The number of pyridine rings is 1. The number of anilines is 1. The first-order chi connectivity index (χ1) is 12.7. The summed E-state index contributed by atoms with van der Waals surface area (Å²) in [5.41, 5.74) is 0.964. The molecule has 2 amide bonds. The monoisotopic (exact) mass is 351 g/mol. The summed E-state index contributed by atoms with van der Waals surface area (Å²) in [4.78, 5) is 33.6. The summed E-state index contributed by atoms with van der Waals surface area (Å²) in [5.74, 6) is 0.514. The molecule has 0 atom stereocenters. The molecule has 26 heavy (non-hydrogen) atoms. The number of likely N-dealkylation sites (tertiary alicyclic amines) is 1. The lowest BCUT2D eigenvalue weighted by Gasteiger charge is -2.26. The predicted octanol–water partition coefficient (Wildman–Crippen LogP) is 3.24. The first kappa shape index (κ1) is 16.6. The van der Waals surface area contributed by atoms with Crippen molar-refractivity contribution in [2.45, 2.75) is 25.7 Å². The van der Waals surface area contributed by atoms with E-state index in [1.54, 1.807) is 30.5 Å². The van der Waals surface area contributed by atoms with Gasteiger partial charge >= 0.3 is 0 Å². The molecule has 1 saturated heterocycles. The highest BCUT2D eigenvalue weighted by molar-refractivity contribution is 6.11. The highest BCUT2D eigenvalue weighted by Gasteiger charge is 2.31. The molecule has 2 aliphatic rings. The van der Waals surface area contributed by atoms with E-state index in [0.717, 1.165) is 38.8 Å². The van der Waals surface area contributed by atoms with Crippen LogP contribution in [-0.2, 0) is 4.79 Å². The Labute approximate surface area is 152 Å². The summed E-state index contributed by atoms with van der Waals surface area (Å²) >= 11 is 0. The smallest absolute Gasteiger partial charge is 0.264 e. The van der Waals surface area contributed by atoms with Crippen molar-refractivity contribution in [2.24, 2.45) is 0 Å². The summed E-state index contributed by atoms with van der Waals surface area (Å²) < 4.78 is 5.85. The normalized spacial score (nSPS) is 16.8. The molecule has 1 fully saturated rings. The van der Waals surface area contributed by atoms with E-state index in [0.29, 0.717) is 17.0 Å². The van der Waals surface area contributed by atoms with Gasteiger partial charge in [-0.05, 0) is 37.1 Å². The lowest BCUT2D eigenvalue weighted by atomic mass is 10.2. The molecule has 0 N–H and O–H groups in total. The van der Waals surface area contributed by atoms with E-state index in [9.17, 15) is 9.59 Å². The van der Waals surface area contributed by atoms with Crippen LogP contribution in [0.15, 0.2) is 42.6 Å². The number of rotatable bonds is 2. The zero-order chi connectivity index (χ0) is 17.9. The Kier molecular flexibility index (Phi) is 4.56. The van der Waals surface area contributed by atoms with Crippen molar-refractivity contribution in [3.8, 4) is 11.6 Å². The number of fused-ring (bicyclic) bond motifs is 2. The maximum absolute atomic E-state index is 13.1. The minimum absolute atomic E-state index is 0.00748. The number of benzene rings is 1. The van der Waals surface area contributed by atoms with Crippen molar-refractivity contribution < 1.29 is 14.3 Å².